The van der Waals surface area contributed by atoms with E-state index in [0.29, 0.717) is 17.0 Å². The number of nitrogens with one attached hydrogen (secondary N) is 1. The Balaban J connectivity index is 1.76. The van der Waals surface area contributed by atoms with Crippen LogP contribution in [-0.4, -0.2) is 28.4 Å². The summed E-state index contributed by atoms with van der Waals surface area (Å²) < 4.78 is 25.1. The van der Waals surface area contributed by atoms with E-state index in [9.17, 15) is 9.50 Å². The summed E-state index contributed by atoms with van der Waals surface area (Å²) in [5.41, 5.74) is 0.940. The molecule has 27 heavy (non-hydrogen) atoms. The number of hydrogen-bond donors (Lipinski definition) is 2. The molecule has 0 aliphatic carbocycles. The smallest absolute Gasteiger partial charge is 0.233 e. The summed E-state index contributed by atoms with van der Waals surface area (Å²) in [5, 5.41) is 12.8. The molecule has 4 rings (SSSR count). The first-order valence-electron chi connectivity index (χ1n) is 7.76. The van der Waals surface area contributed by atoms with Crippen molar-refractivity contribution in [2.24, 2.45) is 4.99 Å². The number of methoxy groups -OCH3 is 1. The molecule has 0 bridgehead atoms. The third-order valence-electron chi connectivity index (χ3n) is 3.85. The van der Waals surface area contributed by atoms with Crippen molar-refractivity contribution in [2.45, 2.75) is 0 Å². The van der Waals surface area contributed by atoms with Gasteiger partial charge in [-0.2, -0.15) is 0 Å². The number of ether oxygens (including phenoxy) is 2. The fourth-order valence-electron chi connectivity index (χ4n) is 2.53. The summed E-state index contributed by atoms with van der Waals surface area (Å²) in [6.45, 7) is 0. The fraction of sp³-hybridized carbons (Fsp3) is 0.0556. The van der Waals surface area contributed by atoms with Crippen LogP contribution in [-0.2, 0) is 0 Å². The molecule has 0 saturated carbocycles. The lowest BCUT2D eigenvalue weighted by atomic mass is 10.2. The predicted octanol–water partition coefficient (Wildman–Crippen LogP) is 4.58. The van der Waals surface area contributed by atoms with E-state index in [1.165, 1.54) is 43.9 Å². The maximum absolute atomic E-state index is 14.2. The zero-order valence-electron chi connectivity index (χ0n) is 13.9. The average Bonchev–Trinajstić information content (AvgIpc) is 2.84. The number of aromatic hydroxyl groups is 1. The van der Waals surface area contributed by atoms with Gasteiger partial charge in [-0.3, -0.25) is 4.99 Å². The van der Waals surface area contributed by atoms with Crippen LogP contribution in [0.5, 0.6) is 23.1 Å². The molecule has 7 nitrogen and oxygen atoms in total. The Hall–Kier alpha value is -3.39. The lowest BCUT2D eigenvalue weighted by Crippen LogP contribution is -2.03. The number of hydrogen-bond acceptors (Lipinski definition) is 7. The summed E-state index contributed by atoms with van der Waals surface area (Å²) in [4.78, 5) is 12.5. The molecule has 0 fully saturated rings. The van der Waals surface area contributed by atoms with Crippen LogP contribution in [0.25, 0.3) is 0 Å². The predicted molar refractivity (Wildman–Crippen MR) is 98.7 cm³/mol. The van der Waals surface area contributed by atoms with Crippen molar-refractivity contribution in [3.8, 4) is 23.1 Å². The van der Waals surface area contributed by atoms with Gasteiger partial charge in [-0.05, 0) is 12.1 Å². The van der Waals surface area contributed by atoms with Gasteiger partial charge in [0.1, 0.15) is 17.8 Å². The number of nitrogens with zero attached hydrogens (tertiary/aromatic N) is 3. The van der Waals surface area contributed by atoms with Crippen molar-refractivity contribution in [2.75, 3.05) is 12.4 Å². The molecule has 0 radical (unpaired) electrons. The number of phenolic OH excluding ortho intramolecular Hbond substituents is 1. The largest absolute Gasteiger partial charge is 0.504 e. The fourth-order valence-corrected chi connectivity index (χ4v) is 2.70. The van der Waals surface area contributed by atoms with Crippen LogP contribution in [0.15, 0.2) is 41.7 Å². The minimum Gasteiger partial charge on any atom is -0.504 e. The van der Waals surface area contributed by atoms with Crippen LogP contribution in [0, 0.1) is 5.82 Å². The quantitative estimate of drug-likeness (QED) is 0.535. The maximum atomic E-state index is 14.2. The lowest BCUT2D eigenvalue weighted by Gasteiger charge is -2.12. The number of anilines is 2. The molecular weight excluding hydrogens is 375 g/mol. The van der Waals surface area contributed by atoms with E-state index in [1.807, 2.05) is 0 Å². The highest BCUT2D eigenvalue weighted by Crippen LogP contribution is 2.43. The van der Waals surface area contributed by atoms with Crippen LogP contribution in [0.4, 0.5) is 21.6 Å². The third-order valence-corrected chi connectivity index (χ3v) is 4.14. The summed E-state index contributed by atoms with van der Waals surface area (Å²) >= 11 is 5.82. The minimum atomic E-state index is -0.601. The Bertz CT molecular complexity index is 1070. The minimum absolute atomic E-state index is 0.0139. The van der Waals surface area contributed by atoms with E-state index in [0.717, 1.165) is 0 Å². The number of benzene rings is 2. The molecule has 0 unspecified atom stereocenters. The molecule has 9 heteroatoms. The van der Waals surface area contributed by atoms with Crippen LogP contribution in [0.1, 0.15) is 5.56 Å². The van der Waals surface area contributed by atoms with Gasteiger partial charge in [-0.1, -0.05) is 17.7 Å². The second-order valence-electron chi connectivity index (χ2n) is 5.52. The molecule has 2 N–H and O–H groups in total. The standard InChI is InChI=1S/C18H12ClFN4O3/c1-26-15-6-14-12(5-13(15)25)21-7-9-17(22-8-23-18(9)27-14)24-11-4-2-3-10(19)16(11)20/h2-8,25H,1H3,(H,22,23,24). The Morgan fingerprint density at radius 1 is 1.26 bits per heavy atom. The highest BCUT2D eigenvalue weighted by Gasteiger charge is 2.20. The third kappa shape index (κ3) is 3.11. The molecule has 0 saturated heterocycles. The van der Waals surface area contributed by atoms with Crippen LogP contribution < -0.4 is 14.8 Å². The van der Waals surface area contributed by atoms with Gasteiger partial charge in [0.15, 0.2) is 23.1 Å². The van der Waals surface area contributed by atoms with Gasteiger partial charge in [-0.15, -0.1) is 0 Å². The van der Waals surface area contributed by atoms with E-state index < -0.39 is 5.82 Å². The molecule has 3 aromatic rings. The van der Waals surface area contributed by atoms with E-state index in [4.69, 9.17) is 21.1 Å². The molecule has 0 amide bonds. The van der Waals surface area contributed by atoms with Gasteiger partial charge in [0.2, 0.25) is 5.88 Å². The first-order chi connectivity index (χ1) is 13.1. The van der Waals surface area contributed by atoms with Crippen LogP contribution in [0.3, 0.4) is 0 Å². The van der Waals surface area contributed by atoms with Gasteiger partial charge >= 0.3 is 0 Å². The Morgan fingerprint density at radius 2 is 2.11 bits per heavy atom. The zero-order valence-corrected chi connectivity index (χ0v) is 14.7. The number of rotatable bonds is 3. The lowest BCUT2D eigenvalue weighted by molar-refractivity contribution is 0.369. The summed E-state index contributed by atoms with van der Waals surface area (Å²) in [7, 11) is 1.43. The van der Waals surface area contributed by atoms with Crippen molar-refractivity contribution in [1.29, 1.82) is 0 Å². The molecule has 0 spiro atoms. The van der Waals surface area contributed by atoms with E-state index in [-0.39, 0.29) is 33.9 Å². The highest BCUT2D eigenvalue weighted by molar-refractivity contribution is 6.31. The molecule has 1 aromatic heterocycles. The molecule has 1 aliphatic heterocycles. The topological polar surface area (TPSA) is 88.9 Å². The second kappa shape index (κ2) is 6.73. The highest BCUT2D eigenvalue weighted by atomic mass is 35.5. The van der Waals surface area contributed by atoms with E-state index >= 15 is 0 Å². The van der Waals surface area contributed by atoms with Crippen molar-refractivity contribution in [3.05, 3.63) is 53.1 Å². The normalized spacial score (nSPS) is 11.8. The summed E-state index contributed by atoms with van der Waals surface area (Å²) in [6.07, 6.45) is 2.75. The van der Waals surface area contributed by atoms with E-state index in [2.05, 4.69) is 20.3 Å². The average molecular weight is 387 g/mol. The number of aliphatic imine (C=N–C) groups is 1. The SMILES string of the molecule is COc1cc2c(cc1O)N=Cc1c(Nc3cccc(Cl)c3F)ncnc1O2. The van der Waals surface area contributed by atoms with Crippen LogP contribution in [0.2, 0.25) is 5.02 Å². The number of phenols is 1. The van der Waals surface area contributed by atoms with Gasteiger partial charge in [0.05, 0.1) is 23.4 Å². The second-order valence-corrected chi connectivity index (χ2v) is 5.93. The van der Waals surface area contributed by atoms with Gasteiger partial charge in [0.25, 0.3) is 0 Å². The molecule has 0 atom stereocenters. The first-order valence-corrected chi connectivity index (χ1v) is 8.13. The van der Waals surface area contributed by atoms with Crippen molar-refractivity contribution in [3.63, 3.8) is 0 Å². The van der Waals surface area contributed by atoms with Gasteiger partial charge in [0, 0.05) is 18.3 Å². The van der Waals surface area contributed by atoms with Gasteiger partial charge < -0.3 is 19.9 Å². The molecule has 2 heterocycles. The van der Waals surface area contributed by atoms with E-state index in [1.54, 1.807) is 6.07 Å². The number of fused-ring (bicyclic) bond motifs is 2. The molecule has 1 aliphatic rings. The summed E-state index contributed by atoms with van der Waals surface area (Å²) in [5.74, 6) is 0.405. The monoisotopic (exact) mass is 386 g/mol. The first kappa shape index (κ1) is 17.0. The zero-order chi connectivity index (χ0) is 19.0. The Kier molecular flexibility index (Phi) is 4.25. The van der Waals surface area contributed by atoms with Crippen LogP contribution >= 0.6 is 11.6 Å². The molecular formula is C18H12ClFN4O3. The Labute approximate surface area is 158 Å². The molecule has 2 aromatic carbocycles. The van der Waals surface area contributed by atoms with Crippen molar-refractivity contribution in [1.82, 2.24) is 9.97 Å². The van der Waals surface area contributed by atoms with Crippen molar-refractivity contribution >= 4 is 35.0 Å². The van der Waals surface area contributed by atoms with Gasteiger partial charge in [-0.25, -0.2) is 14.4 Å². The van der Waals surface area contributed by atoms with Crippen molar-refractivity contribution < 1.29 is 19.0 Å². The maximum Gasteiger partial charge on any atom is 0.233 e. The number of halogens is 2. The molecule has 136 valence electrons. The Morgan fingerprint density at radius 3 is 2.93 bits per heavy atom. The number of aromatic nitrogens is 2. The summed E-state index contributed by atoms with van der Waals surface area (Å²) in [6, 6.07) is 7.51.